The Morgan fingerprint density at radius 1 is 1.40 bits per heavy atom. The third kappa shape index (κ3) is 2.30. The molecule has 1 aliphatic rings. The molecule has 0 N–H and O–H groups in total. The van der Waals surface area contributed by atoms with Gasteiger partial charge in [0.25, 0.3) is 0 Å². The predicted molar refractivity (Wildman–Crippen MR) is 43.0 cm³/mol. The van der Waals surface area contributed by atoms with Gasteiger partial charge in [0.2, 0.25) is 0 Å². The van der Waals surface area contributed by atoms with E-state index in [-0.39, 0.29) is 0 Å². The highest BCUT2D eigenvalue weighted by atomic mass is 16.5. The van der Waals surface area contributed by atoms with Crippen LogP contribution < -0.4 is 0 Å². The van der Waals surface area contributed by atoms with Gasteiger partial charge in [-0.2, -0.15) is 0 Å². The summed E-state index contributed by atoms with van der Waals surface area (Å²) in [7, 11) is 0. The second-order valence-corrected chi connectivity index (χ2v) is 3.17. The van der Waals surface area contributed by atoms with E-state index < -0.39 is 0 Å². The van der Waals surface area contributed by atoms with Gasteiger partial charge >= 0.3 is 0 Å². The van der Waals surface area contributed by atoms with Crippen LogP contribution >= 0.6 is 0 Å². The Morgan fingerprint density at radius 3 is 2.50 bits per heavy atom. The van der Waals surface area contributed by atoms with Crippen molar-refractivity contribution in [2.45, 2.75) is 33.1 Å². The van der Waals surface area contributed by atoms with Gasteiger partial charge in [-0.25, -0.2) is 0 Å². The Kier molecular flexibility index (Phi) is 3.20. The van der Waals surface area contributed by atoms with Gasteiger partial charge in [-0.15, -0.1) is 0 Å². The summed E-state index contributed by atoms with van der Waals surface area (Å²) >= 11 is 0. The molecule has 0 saturated heterocycles. The highest BCUT2D eigenvalue weighted by Gasteiger charge is 2.29. The summed E-state index contributed by atoms with van der Waals surface area (Å²) in [6.07, 6.45) is 4.20. The minimum absolute atomic E-state index is 0.861. The van der Waals surface area contributed by atoms with Crippen LogP contribution in [0.5, 0.6) is 0 Å². The average molecular weight is 142 g/mol. The van der Waals surface area contributed by atoms with Gasteiger partial charge in [-0.3, -0.25) is 0 Å². The van der Waals surface area contributed by atoms with E-state index in [1.807, 2.05) is 0 Å². The smallest absolute Gasteiger partial charge is 0.0496 e. The first-order valence-electron chi connectivity index (χ1n) is 4.46. The zero-order valence-electron chi connectivity index (χ0n) is 7.10. The summed E-state index contributed by atoms with van der Waals surface area (Å²) in [5.41, 5.74) is 0. The van der Waals surface area contributed by atoms with Crippen molar-refractivity contribution in [2.24, 2.45) is 11.8 Å². The highest BCUT2D eigenvalue weighted by Crippen LogP contribution is 2.38. The fourth-order valence-corrected chi connectivity index (χ4v) is 1.42. The normalized spacial score (nSPS) is 21.0. The molecule has 1 fully saturated rings. The molecule has 0 aliphatic heterocycles. The van der Waals surface area contributed by atoms with Gasteiger partial charge < -0.3 is 4.74 Å². The summed E-state index contributed by atoms with van der Waals surface area (Å²) in [4.78, 5) is 0. The Balaban J connectivity index is 2.07. The fraction of sp³-hybridized carbons (Fsp3) is 1.00. The van der Waals surface area contributed by atoms with E-state index in [1.165, 1.54) is 19.3 Å². The zero-order chi connectivity index (χ0) is 7.40. The van der Waals surface area contributed by atoms with Gasteiger partial charge in [0.1, 0.15) is 0 Å². The molecule has 0 amide bonds. The Labute approximate surface area is 63.8 Å². The molecule has 0 aromatic rings. The van der Waals surface area contributed by atoms with Gasteiger partial charge in [-0.05, 0) is 31.6 Å². The lowest BCUT2D eigenvalue weighted by molar-refractivity contribution is 0.101. The fourth-order valence-electron chi connectivity index (χ4n) is 1.42. The lowest BCUT2D eigenvalue weighted by atomic mass is 10.0. The van der Waals surface area contributed by atoms with Crippen molar-refractivity contribution in [1.82, 2.24) is 0 Å². The van der Waals surface area contributed by atoms with Gasteiger partial charge in [0, 0.05) is 13.2 Å². The van der Waals surface area contributed by atoms with E-state index in [0.29, 0.717) is 0 Å². The Hall–Kier alpha value is -0.0400. The SMILES string of the molecule is CCOCC(CC)C1CC1. The summed E-state index contributed by atoms with van der Waals surface area (Å²) in [5.74, 6) is 1.87. The van der Waals surface area contributed by atoms with Gasteiger partial charge in [-0.1, -0.05) is 13.3 Å². The molecule has 1 atom stereocenters. The van der Waals surface area contributed by atoms with Crippen molar-refractivity contribution < 1.29 is 4.74 Å². The summed E-state index contributed by atoms with van der Waals surface area (Å²) in [5, 5.41) is 0. The van der Waals surface area contributed by atoms with E-state index in [0.717, 1.165) is 25.0 Å². The Bertz CT molecular complexity index is 86.7. The van der Waals surface area contributed by atoms with Crippen LogP contribution in [0.4, 0.5) is 0 Å². The quantitative estimate of drug-likeness (QED) is 0.573. The molecular formula is C9H18O. The third-order valence-corrected chi connectivity index (χ3v) is 2.35. The van der Waals surface area contributed by atoms with Crippen LogP contribution in [0.15, 0.2) is 0 Å². The predicted octanol–water partition coefficient (Wildman–Crippen LogP) is 2.46. The molecule has 10 heavy (non-hydrogen) atoms. The van der Waals surface area contributed by atoms with Crippen LogP contribution in [0.3, 0.4) is 0 Å². The van der Waals surface area contributed by atoms with E-state index in [1.54, 1.807) is 0 Å². The summed E-state index contributed by atoms with van der Waals surface area (Å²) in [6, 6.07) is 0. The molecular weight excluding hydrogens is 124 g/mol. The molecule has 0 radical (unpaired) electrons. The van der Waals surface area contributed by atoms with E-state index in [9.17, 15) is 0 Å². The average Bonchev–Trinajstić information content (AvgIpc) is 2.73. The van der Waals surface area contributed by atoms with Crippen LogP contribution in [0, 0.1) is 11.8 Å². The van der Waals surface area contributed by atoms with Crippen molar-refractivity contribution in [2.75, 3.05) is 13.2 Å². The number of rotatable bonds is 5. The van der Waals surface area contributed by atoms with Crippen molar-refractivity contribution >= 4 is 0 Å². The van der Waals surface area contributed by atoms with E-state index >= 15 is 0 Å². The highest BCUT2D eigenvalue weighted by molar-refractivity contribution is 4.80. The van der Waals surface area contributed by atoms with Gasteiger partial charge in [0.15, 0.2) is 0 Å². The first-order valence-corrected chi connectivity index (χ1v) is 4.46. The molecule has 1 aliphatic carbocycles. The second kappa shape index (κ2) is 3.97. The molecule has 60 valence electrons. The summed E-state index contributed by atoms with van der Waals surface area (Å²) in [6.45, 7) is 6.21. The topological polar surface area (TPSA) is 9.23 Å². The number of hydrogen-bond acceptors (Lipinski definition) is 1. The minimum atomic E-state index is 0.861. The van der Waals surface area contributed by atoms with E-state index in [4.69, 9.17) is 4.74 Å². The molecule has 1 nitrogen and oxygen atoms in total. The molecule has 1 unspecified atom stereocenters. The van der Waals surface area contributed by atoms with Crippen molar-refractivity contribution in [3.63, 3.8) is 0 Å². The zero-order valence-corrected chi connectivity index (χ0v) is 7.10. The standard InChI is InChI=1S/C9H18O/c1-3-8(7-10-4-2)9-5-6-9/h8-9H,3-7H2,1-2H3. The maximum absolute atomic E-state index is 5.39. The molecule has 1 rings (SSSR count). The summed E-state index contributed by atoms with van der Waals surface area (Å²) < 4.78 is 5.39. The first kappa shape index (κ1) is 8.06. The maximum atomic E-state index is 5.39. The second-order valence-electron chi connectivity index (χ2n) is 3.17. The van der Waals surface area contributed by atoms with Crippen molar-refractivity contribution in [3.8, 4) is 0 Å². The van der Waals surface area contributed by atoms with Crippen LogP contribution in [-0.2, 0) is 4.74 Å². The number of hydrogen-bond donors (Lipinski definition) is 0. The van der Waals surface area contributed by atoms with Crippen LogP contribution in [0.1, 0.15) is 33.1 Å². The maximum Gasteiger partial charge on any atom is 0.0496 e. The third-order valence-electron chi connectivity index (χ3n) is 2.35. The monoisotopic (exact) mass is 142 g/mol. The lowest BCUT2D eigenvalue weighted by Gasteiger charge is -2.12. The Morgan fingerprint density at radius 2 is 2.10 bits per heavy atom. The van der Waals surface area contributed by atoms with E-state index in [2.05, 4.69) is 13.8 Å². The number of ether oxygens (including phenoxy) is 1. The molecule has 0 spiro atoms. The van der Waals surface area contributed by atoms with Crippen LogP contribution in [0.2, 0.25) is 0 Å². The van der Waals surface area contributed by atoms with Gasteiger partial charge in [0.05, 0.1) is 0 Å². The minimum Gasteiger partial charge on any atom is -0.381 e. The van der Waals surface area contributed by atoms with Crippen molar-refractivity contribution in [1.29, 1.82) is 0 Å². The first-order chi connectivity index (χ1) is 4.88. The molecule has 1 saturated carbocycles. The molecule has 0 aromatic carbocycles. The molecule has 0 aromatic heterocycles. The lowest BCUT2D eigenvalue weighted by Crippen LogP contribution is -2.10. The van der Waals surface area contributed by atoms with Crippen LogP contribution in [-0.4, -0.2) is 13.2 Å². The largest absolute Gasteiger partial charge is 0.381 e. The van der Waals surface area contributed by atoms with Crippen molar-refractivity contribution in [3.05, 3.63) is 0 Å². The molecule has 0 heterocycles. The molecule has 0 bridgehead atoms. The molecule has 1 heteroatoms. The van der Waals surface area contributed by atoms with Crippen LogP contribution in [0.25, 0.3) is 0 Å².